The van der Waals surface area contributed by atoms with Crippen molar-refractivity contribution < 1.29 is 9.90 Å². The molecule has 0 aromatic carbocycles. The lowest BCUT2D eigenvalue weighted by Gasteiger charge is -2.16. The lowest BCUT2D eigenvalue weighted by Crippen LogP contribution is -2.32. The Balaban J connectivity index is 3.41. The maximum Gasteiger partial charge on any atom is 0.222 e. The smallest absolute Gasteiger partial charge is 0.222 e. The summed E-state index contributed by atoms with van der Waals surface area (Å²) in [5.41, 5.74) is -0.894. The molecule has 2 N–H and O–H groups in total. The third-order valence-corrected chi connectivity index (χ3v) is 1.70. The predicted octanol–water partition coefficient (Wildman–Crippen LogP) is 1.45. The van der Waals surface area contributed by atoms with Gasteiger partial charge in [0.15, 0.2) is 0 Å². The Morgan fingerprint density at radius 2 is 2.00 bits per heavy atom. The standard InChI is InChI=1S/C10H21NO2/c1-4-5-6-7-11-9(12)8-10(2,3)13/h13H,4-8H2,1-3H3,(H,11,12). The summed E-state index contributed by atoms with van der Waals surface area (Å²) >= 11 is 0. The van der Waals surface area contributed by atoms with E-state index >= 15 is 0 Å². The number of hydrogen-bond donors (Lipinski definition) is 2. The normalized spacial score (nSPS) is 11.4. The van der Waals surface area contributed by atoms with E-state index in [2.05, 4.69) is 12.2 Å². The number of amides is 1. The summed E-state index contributed by atoms with van der Waals surface area (Å²) in [7, 11) is 0. The zero-order valence-electron chi connectivity index (χ0n) is 8.89. The van der Waals surface area contributed by atoms with E-state index in [1.54, 1.807) is 13.8 Å². The molecule has 0 aromatic rings. The van der Waals surface area contributed by atoms with Crippen LogP contribution in [0.25, 0.3) is 0 Å². The summed E-state index contributed by atoms with van der Waals surface area (Å²) in [4.78, 5) is 11.2. The molecule has 0 fully saturated rings. The second kappa shape index (κ2) is 5.97. The lowest BCUT2D eigenvalue weighted by molar-refractivity contribution is -0.124. The van der Waals surface area contributed by atoms with Gasteiger partial charge in [0.25, 0.3) is 0 Å². The number of rotatable bonds is 6. The van der Waals surface area contributed by atoms with Crippen molar-refractivity contribution in [3.63, 3.8) is 0 Å². The third kappa shape index (κ3) is 9.34. The van der Waals surface area contributed by atoms with Crippen molar-refractivity contribution in [2.24, 2.45) is 0 Å². The fourth-order valence-electron chi connectivity index (χ4n) is 1.06. The molecule has 1 amide bonds. The van der Waals surface area contributed by atoms with E-state index < -0.39 is 5.60 Å². The molecule has 0 saturated carbocycles. The highest BCUT2D eigenvalue weighted by Crippen LogP contribution is 2.06. The van der Waals surface area contributed by atoms with Gasteiger partial charge in [-0.3, -0.25) is 4.79 Å². The Kier molecular flexibility index (Phi) is 5.71. The van der Waals surface area contributed by atoms with Crippen LogP contribution in [0.4, 0.5) is 0 Å². The van der Waals surface area contributed by atoms with Crippen LogP contribution in [-0.2, 0) is 4.79 Å². The van der Waals surface area contributed by atoms with Crippen LogP contribution in [0, 0.1) is 0 Å². The first kappa shape index (κ1) is 12.4. The Bertz CT molecular complexity index is 149. The van der Waals surface area contributed by atoms with Crippen molar-refractivity contribution in [1.29, 1.82) is 0 Å². The van der Waals surface area contributed by atoms with E-state index in [0.717, 1.165) is 25.8 Å². The van der Waals surface area contributed by atoms with Gasteiger partial charge in [0, 0.05) is 6.54 Å². The maximum atomic E-state index is 11.2. The van der Waals surface area contributed by atoms with Crippen molar-refractivity contribution >= 4 is 5.91 Å². The summed E-state index contributed by atoms with van der Waals surface area (Å²) in [6.45, 7) is 6.12. The molecule has 13 heavy (non-hydrogen) atoms. The topological polar surface area (TPSA) is 49.3 Å². The van der Waals surface area contributed by atoms with E-state index in [9.17, 15) is 9.90 Å². The number of unbranched alkanes of at least 4 members (excludes halogenated alkanes) is 2. The summed E-state index contributed by atoms with van der Waals surface area (Å²) in [5, 5.41) is 12.1. The molecule has 0 atom stereocenters. The van der Waals surface area contributed by atoms with Crippen LogP contribution in [0.15, 0.2) is 0 Å². The van der Waals surface area contributed by atoms with Crippen LogP contribution < -0.4 is 5.32 Å². The second-order valence-corrected chi connectivity index (χ2v) is 4.05. The van der Waals surface area contributed by atoms with Crippen LogP contribution >= 0.6 is 0 Å². The molecule has 0 aliphatic carbocycles. The molecule has 0 rings (SSSR count). The Morgan fingerprint density at radius 1 is 1.38 bits per heavy atom. The molecule has 0 aliphatic rings. The minimum Gasteiger partial charge on any atom is -0.390 e. The van der Waals surface area contributed by atoms with Gasteiger partial charge in [0.05, 0.1) is 12.0 Å². The van der Waals surface area contributed by atoms with Crippen molar-refractivity contribution in [2.75, 3.05) is 6.54 Å². The average molecular weight is 187 g/mol. The highest BCUT2D eigenvalue weighted by atomic mass is 16.3. The van der Waals surface area contributed by atoms with Crippen molar-refractivity contribution in [1.82, 2.24) is 5.32 Å². The van der Waals surface area contributed by atoms with E-state index in [1.807, 2.05) is 0 Å². The Labute approximate surface area is 80.5 Å². The molecule has 0 aromatic heterocycles. The van der Waals surface area contributed by atoms with E-state index in [0.29, 0.717) is 0 Å². The van der Waals surface area contributed by atoms with Crippen LogP contribution in [0.1, 0.15) is 46.5 Å². The summed E-state index contributed by atoms with van der Waals surface area (Å²) < 4.78 is 0. The van der Waals surface area contributed by atoms with Crippen LogP contribution in [0.5, 0.6) is 0 Å². The molecule has 78 valence electrons. The van der Waals surface area contributed by atoms with Gasteiger partial charge in [-0.2, -0.15) is 0 Å². The number of carbonyl (C=O) groups excluding carboxylic acids is 1. The van der Waals surface area contributed by atoms with Gasteiger partial charge in [-0.1, -0.05) is 19.8 Å². The number of hydrogen-bond acceptors (Lipinski definition) is 2. The van der Waals surface area contributed by atoms with Crippen LogP contribution in [0.2, 0.25) is 0 Å². The minimum absolute atomic E-state index is 0.0661. The molecule has 0 radical (unpaired) electrons. The van der Waals surface area contributed by atoms with Crippen LogP contribution in [0.3, 0.4) is 0 Å². The molecule has 0 unspecified atom stereocenters. The van der Waals surface area contributed by atoms with Gasteiger partial charge >= 0.3 is 0 Å². The summed E-state index contributed by atoms with van der Waals surface area (Å²) in [5.74, 6) is -0.0661. The van der Waals surface area contributed by atoms with Gasteiger partial charge in [0.2, 0.25) is 5.91 Å². The second-order valence-electron chi connectivity index (χ2n) is 4.05. The minimum atomic E-state index is -0.894. The van der Waals surface area contributed by atoms with E-state index in [1.165, 1.54) is 0 Å². The molecular weight excluding hydrogens is 166 g/mol. The summed E-state index contributed by atoms with van der Waals surface area (Å²) in [6.07, 6.45) is 3.50. The van der Waals surface area contributed by atoms with E-state index in [-0.39, 0.29) is 12.3 Å². The monoisotopic (exact) mass is 187 g/mol. The van der Waals surface area contributed by atoms with Gasteiger partial charge in [-0.05, 0) is 20.3 Å². The predicted molar refractivity (Wildman–Crippen MR) is 53.4 cm³/mol. The zero-order valence-corrected chi connectivity index (χ0v) is 8.89. The molecule has 0 bridgehead atoms. The van der Waals surface area contributed by atoms with Crippen molar-refractivity contribution in [2.45, 2.75) is 52.1 Å². The zero-order chi connectivity index (χ0) is 10.3. The molecular formula is C10H21NO2. The first-order chi connectivity index (χ1) is 5.95. The highest BCUT2D eigenvalue weighted by Gasteiger charge is 2.17. The van der Waals surface area contributed by atoms with Gasteiger partial charge in [-0.15, -0.1) is 0 Å². The van der Waals surface area contributed by atoms with Gasteiger partial charge in [-0.25, -0.2) is 0 Å². The largest absolute Gasteiger partial charge is 0.390 e. The van der Waals surface area contributed by atoms with Crippen LogP contribution in [-0.4, -0.2) is 23.2 Å². The third-order valence-electron chi connectivity index (χ3n) is 1.70. The molecule has 0 saturated heterocycles. The molecule has 0 spiro atoms. The number of aliphatic hydroxyl groups is 1. The molecule has 0 aliphatic heterocycles. The number of carbonyl (C=O) groups is 1. The first-order valence-electron chi connectivity index (χ1n) is 4.95. The van der Waals surface area contributed by atoms with E-state index in [4.69, 9.17) is 0 Å². The molecule has 0 heterocycles. The quantitative estimate of drug-likeness (QED) is 0.618. The Morgan fingerprint density at radius 3 is 2.46 bits per heavy atom. The summed E-state index contributed by atoms with van der Waals surface area (Å²) in [6, 6.07) is 0. The fraction of sp³-hybridized carbons (Fsp3) is 0.900. The van der Waals surface area contributed by atoms with Gasteiger partial charge in [0.1, 0.15) is 0 Å². The fourth-order valence-corrected chi connectivity index (χ4v) is 1.06. The maximum absolute atomic E-state index is 11.2. The average Bonchev–Trinajstić information content (AvgIpc) is 1.94. The first-order valence-corrected chi connectivity index (χ1v) is 4.95. The SMILES string of the molecule is CCCCCNC(=O)CC(C)(C)O. The highest BCUT2D eigenvalue weighted by molar-refractivity contribution is 5.76. The van der Waals surface area contributed by atoms with Gasteiger partial charge < -0.3 is 10.4 Å². The van der Waals surface area contributed by atoms with Crippen molar-refractivity contribution in [3.8, 4) is 0 Å². The lowest BCUT2D eigenvalue weighted by atomic mass is 10.1. The Hall–Kier alpha value is -0.570. The number of nitrogens with one attached hydrogen (secondary N) is 1. The molecule has 3 heteroatoms. The molecule has 3 nitrogen and oxygen atoms in total. The van der Waals surface area contributed by atoms with Crippen molar-refractivity contribution in [3.05, 3.63) is 0 Å².